The average Bonchev–Trinajstić information content (AvgIpc) is 2.82. The highest BCUT2D eigenvalue weighted by Crippen LogP contribution is 2.21. The molecule has 0 saturated heterocycles. The third kappa shape index (κ3) is 2.97. The fraction of sp³-hybridized carbons (Fsp3) is 0.615. The van der Waals surface area contributed by atoms with Crippen LogP contribution in [-0.2, 0) is 11.3 Å². The van der Waals surface area contributed by atoms with Crippen LogP contribution in [0, 0.1) is 12.8 Å². The molecule has 1 aliphatic carbocycles. The molecule has 5 heteroatoms. The molecule has 0 bridgehead atoms. The zero-order valence-electron chi connectivity index (χ0n) is 10.9. The van der Waals surface area contributed by atoms with Crippen LogP contribution in [0.15, 0.2) is 16.7 Å². The summed E-state index contributed by atoms with van der Waals surface area (Å²) in [6, 6.07) is 0. The molecule has 5 nitrogen and oxygen atoms in total. The quantitative estimate of drug-likeness (QED) is 0.766. The topological polar surface area (TPSA) is 59.2 Å². The monoisotopic (exact) mass is 249 g/mol. The van der Waals surface area contributed by atoms with Gasteiger partial charge < -0.3 is 9.42 Å². The minimum atomic E-state index is 0.114. The number of carbonyl (C=O) groups is 1. The second-order valence-corrected chi connectivity index (χ2v) is 4.56. The minimum Gasteiger partial charge on any atom is -0.340 e. The van der Waals surface area contributed by atoms with E-state index in [4.69, 9.17) is 4.52 Å². The van der Waals surface area contributed by atoms with Crippen LogP contribution in [0.1, 0.15) is 37.9 Å². The molecule has 0 unspecified atom stereocenters. The minimum absolute atomic E-state index is 0.114. The molecule has 0 aromatic carbocycles. The Hall–Kier alpha value is -1.65. The van der Waals surface area contributed by atoms with E-state index in [9.17, 15) is 4.79 Å². The summed E-state index contributed by atoms with van der Waals surface area (Å²) >= 11 is 0. The van der Waals surface area contributed by atoms with Gasteiger partial charge in [0, 0.05) is 19.4 Å². The summed E-state index contributed by atoms with van der Waals surface area (Å²) in [5, 5.41) is 3.84. The van der Waals surface area contributed by atoms with Crippen LogP contribution < -0.4 is 0 Å². The van der Waals surface area contributed by atoms with Crippen LogP contribution in [-0.4, -0.2) is 27.5 Å². The van der Waals surface area contributed by atoms with Crippen molar-refractivity contribution in [1.29, 1.82) is 0 Å². The normalized spacial score (nSPS) is 18.9. The lowest BCUT2D eigenvalue weighted by molar-refractivity contribution is -0.136. The number of hydrogen-bond donors (Lipinski definition) is 0. The van der Waals surface area contributed by atoms with Gasteiger partial charge in [-0.1, -0.05) is 17.3 Å². The summed E-state index contributed by atoms with van der Waals surface area (Å²) in [5.41, 5.74) is 0. The van der Waals surface area contributed by atoms with Gasteiger partial charge in [-0.05, 0) is 26.2 Å². The molecule has 0 saturated carbocycles. The fourth-order valence-electron chi connectivity index (χ4n) is 2.20. The van der Waals surface area contributed by atoms with E-state index < -0.39 is 0 Å². The molecule has 1 amide bonds. The van der Waals surface area contributed by atoms with Gasteiger partial charge in [0.25, 0.3) is 0 Å². The van der Waals surface area contributed by atoms with Crippen LogP contribution in [0.25, 0.3) is 0 Å². The molecular weight excluding hydrogens is 230 g/mol. The number of nitrogens with zero attached hydrogens (tertiary/aromatic N) is 3. The van der Waals surface area contributed by atoms with Gasteiger partial charge in [-0.15, -0.1) is 0 Å². The van der Waals surface area contributed by atoms with Crippen molar-refractivity contribution in [1.82, 2.24) is 15.0 Å². The maximum Gasteiger partial charge on any atom is 0.226 e. The van der Waals surface area contributed by atoms with Crippen LogP contribution in [0.5, 0.6) is 0 Å². The smallest absolute Gasteiger partial charge is 0.226 e. The molecule has 18 heavy (non-hydrogen) atoms. The van der Waals surface area contributed by atoms with Crippen LogP contribution in [0.2, 0.25) is 0 Å². The van der Waals surface area contributed by atoms with Crippen LogP contribution >= 0.6 is 0 Å². The molecule has 1 aromatic heterocycles. The molecular formula is C13H19N3O2. The predicted octanol–water partition coefficient (Wildman–Crippen LogP) is 2.08. The fourth-order valence-corrected chi connectivity index (χ4v) is 2.20. The van der Waals surface area contributed by atoms with Gasteiger partial charge in [0.2, 0.25) is 11.8 Å². The summed E-state index contributed by atoms with van der Waals surface area (Å²) in [7, 11) is 0. The third-order valence-electron chi connectivity index (χ3n) is 3.21. The first-order valence-corrected chi connectivity index (χ1v) is 6.43. The van der Waals surface area contributed by atoms with E-state index in [1.807, 2.05) is 6.92 Å². The standard InChI is InChI=1S/C13H19N3O2/c1-3-16(9-12-14-10(2)18-15-12)13(17)11-7-5-4-6-8-11/h4-5,11H,3,6-9H2,1-2H3/t11-/m0/s1. The lowest BCUT2D eigenvalue weighted by Gasteiger charge is -2.25. The highest BCUT2D eigenvalue weighted by atomic mass is 16.5. The molecule has 98 valence electrons. The van der Waals surface area contributed by atoms with Crippen molar-refractivity contribution < 1.29 is 9.32 Å². The molecule has 0 radical (unpaired) electrons. The van der Waals surface area contributed by atoms with Crippen molar-refractivity contribution in [3.8, 4) is 0 Å². The Morgan fingerprint density at radius 1 is 1.56 bits per heavy atom. The lowest BCUT2D eigenvalue weighted by Crippen LogP contribution is -2.36. The van der Waals surface area contributed by atoms with Crippen molar-refractivity contribution in [2.24, 2.45) is 5.92 Å². The average molecular weight is 249 g/mol. The Balaban J connectivity index is 1.99. The van der Waals surface area contributed by atoms with E-state index in [0.717, 1.165) is 19.3 Å². The number of allylic oxidation sites excluding steroid dienone is 2. The van der Waals surface area contributed by atoms with Gasteiger partial charge in [-0.25, -0.2) is 0 Å². The maximum absolute atomic E-state index is 12.3. The largest absolute Gasteiger partial charge is 0.340 e. The first-order chi connectivity index (χ1) is 8.70. The summed E-state index contributed by atoms with van der Waals surface area (Å²) in [4.78, 5) is 18.3. The highest BCUT2D eigenvalue weighted by molar-refractivity contribution is 5.79. The number of carbonyl (C=O) groups excluding carboxylic acids is 1. The number of aryl methyl sites for hydroxylation is 1. The molecule has 1 aromatic rings. The molecule has 2 rings (SSSR count). The van der Waals surface area contributed by atoms with Gasteiger partial charge in [-0.2, -0.15) is 4.98 Å². The highest BCUT2D eigenvalue weighted by Gasteiger charge is 2.24. The van der Waals surface area contributed by atoms with Gasteiger partial charge in [0.15, 0.2) is 5.82 Å². The molecule has 0 spiro atoms. The maximum atomic E-state index is 12.3. The number of amides is 1. The molecule has 0 fully saturated rings. The SMILES string of the molecule is CCN(Cc1noc(C)n1)C(=O)[C@H]1CC=CCC1. The molecule has 1 aliphatic rings. The zero-order chi connectivity index (χ0) is 13.0. The van der Waals surface area contributed by atoms with Crippen LogP contribution in [0.4, 0.5) is 0 Å². The van der Waals surface area contributed by atoms with Crippen molar-refractivity contribution in [3.63, 3.8) is 0 Å². The van der Waals surface area contributed by atoms with Crippen molar-refractivity contribution in [3.05, 3.63) is 23.9 Å². The molecule has 1 heterocycles. The molecule has 1 atom stereocenters. The Kier molecular flexibility index (Phi) is 4.12. The summed E-state index contributed by atoms with van der Waals surface area (Å²) in [5.74, 6) is 1.43. The summed E-state index contributed by atoms with van der Waals surface area (Å²) in [6.45, 7) is 4.84. The van der Waals surface area contributed by atoms with E-state index in [0.29, 0.717) is 24.8 Å². The van der Waals surface area contributed by atoms with Gasteiger partial charge in [0.1, 0.15) is 0 Å². The summed E-state index contributed by atoms with van der Waals surface area (Å²) in [6.07, 6.45) is 7.02. The van der Waals surface area contributed by atoms with Crippen molar-refractivity contribution >= 4 is 5.91 Å². The Bertz CT molecular complexity index is 439. The first kappa shape index (κ1) is 12.8. The van der Waals surface area contributed by atoms with E-state index in [2.05, 4.69) is 22.3 Å². The number of rotatable bonds is 4. The van der Waals surface area contributed by atoms with E-state index in [1.165, 1.54) is 0 Å². The number of hydrogen-bond acceptors (Lipinski definition) is 4. The lowest BCUT2D eigenvalue weighted by atomic mass is 9.93. The van der Waals surface area contributed by atoms with E-state index in [1.54, 1.807) is 11.8 Å². The third-order valence-corrected chi connectivity index (χ3v) is 3.21. The second kappa shape index (κ2) is 5.80. The summed E-state index contributed by atoms with van der Waals surface area (Å²) < 4.78 is 4.92. The number of aromatic nitrogens is 2. The first-order valence-electron chi connectivity index (χ1n) is 6.43. The van der Waals surface area contributed by atoms with Crippen molar-refractivity contribution in [2.75, 3.05) is 6.54 Å². The van der Waals surface area contributed by atoms with Gasteiger partial charge in [-0.3, -0.25) is 4.79 Å². The Morgan fingerprint density at radius 3 is 2.94 bits per heavy atom. The van der Waals surface area contributed by atoms with Gasteiger partial charge in [0.05, 0.1) is 6.54 Å². The predicted molar refractivity (Wildman–Crippen MR) is 66.6 cm³/mol. The van der Waals surface area contributed by atoms with E-state index in [-0.39, 0.29) is 11.8 Å². The van der Waals surface area contributed by atoms with E-state index >= 15 is 0 Å². The molecule has 0 N–H and O–H groups in total. The Labute approximate surface area is 107 Å². The van der Waals surface area contributed by atoms with Gasteiger partial charge >= 0.3 is 0 Å². The Morgan fingerprint density at radius 2 is 2.39 bits per heavy atom. The second-order valence-electron chi connectivity index (χ2n) is 4.56. The van der Waals surface area contributed by atoms with Crippen LogP contribution in [0.3, 0.4) is 0 Å². The zero-order valence-corrected chi connectivity index (χ0v) is 10.9. The molecule has 0 aliphatic heterocycles. The van der Waals surface area contributed by atoms with Crippen molar-refractivity contribution in [2.45, 2.75) is 39.7 Å².